The topological polar surface area (TPSA) is 59.0 Å². The van der Waals surface area contributed by atoms with Crippen LogP contribution in [0.1, 0.15) is 16.7 Å². The molecule has 3 nitrogen and oxygen atoms in total. The summed E-state index contributed by atoms with van der Waals surface area (Å²) >= 11 is 0. The summed E-state index contributed by atoms with van der Waals surface area (Å²) in [5, 5.41) is 8.55. The van der Waals surface area contributed by atoms with Gasteiger partial charge in [0.05, 0.1) is 6.07 Å². The minimum atomic E-state index is -0.565. The van der Waals surface area contributed by atoms with E-state index < -0.39 is 6.04 Å². The molecule has 1 atom stereocenters. The molecule has 0 amide bonds. The Hall–Kier alpha value is -1.53. The highest BCUT2D eigenvalue weighted by molar-refractivity contribution is 5.44. The lowest BCUT2D eigenvalue weighted by atomic mass is 10.1. The van der Waals surface area contributed by atoms with Crippen LogP contribution in [0.4, 0.5) is 0 Å². The lowest BCUT2D eigenvalue weighted by Gasteiger charge is -2.14. The summed E-state index contributed by atoms with van der Waals surface area (Å²) in [7, 11) is 0. The molecular weight excluding hydrogens is 188 g/mol. The van der Waals surface area contributed by atoms with Gasteiger partial charge in [0.15, 0.2) is 0 Å². The summed E-state index contributed by atoms with van der Waals surface area (Å²) in [6.07, 6.45) is 0. The SMILES string of the molecule is Cc1ccc(C)c(OCC(N)C#N)c1C. The molecule has 0 saturated carbocycles. The molecule has 1 rings (SSSR count). The van der Waals surface area contributed by atoms with Crippen molar-refractivity contribution in [3.63, 3.8) is 0 Å². The molecule has 80 valence electrons. The Labute approximate surface area is 90.5 Å². The van der Waals surface area contributed by atoms with Crippen molar-refractivity contribution in [1.82, 2.24) is 0 Å². The van der Waals surface area contributed by atoms with Crippen LogP contribution < -0.4 is 10.5 Å². The van der Waals surface area contributed by atoms with Crippen LogP contribution in [0.15, 0.2) is 12.1 Å². The van der Waals surface area contributed by atoms with Gasteiger partial charge in [-0.25, -0.2) is 0 Å². The van der Waals surface area contributed by atoms with Crippen LogP contribution in [-0.4, -0.2) is 12.6 Å². The van der Waals surface area contributed by atoms with Crippen LogP contribution in [0, 0.1) is 32.1 Å². The molecule has 1 unspecified atom stereocenters. The van der Waals surface area contributed by atoms with Crippen LogP contribution >= 0.6 is 0 Å². The zero-order valence-electron chi connectivity index (χ0n) is 9.37. The average molecular weight is 204 g/mol. The van der Waals surface area contributed by atoms with Crippen LogP contribution in [-0.2, 0) is 0 Å². The monoisotopic (exact) mass is 204 g/mol. The lowest BCUT2D eigenvalue weighted by molar-refractivity contribution is 0.304. The molecule has 0 bridgehead atoms. The fourth-order valence-electron chi connectivity index (χ4n) is 1.36. The predicted octanol–water partition coefficient (Wildman–Crippen LogP) is 1.84. The first kappa shape index (κ1) is 11.5. The largest absolute Gasteiger partial charge is 0.490 e. The molecule has 0 aliphatic heterocycles. The van der Waals surface area contributed by atoms with E-state index >= 15 is 0 Å². The van der Waals surface area contributed by atoms with Crippen LogP contribution in [0.2, 0.25) is 0 Å². The molecule has 3 heteroatoms. The molecule has 1 aromatic rings. The number of nitriles is 1. The Bertz CT molecular complexity index is 393. The maximum absolute atomic E-state index is 8.55. The highest BCUT2D eigenvalue weighted by Crippen LogP contribution is 2.25. The van der Waals surface area contributed by atoms with Gasteiger partial charge in [0.2, 0.25) is 0 Å². The van der Waals surface area contributed by atoms with Gasteiger partial charge in [-0.1, -0.05) is 12.1 Å². The zero-order chi connectivity index (χ0) is 11.4. The quantitative estimate of drug-likeness (QED) is 0.817. The first-order valence-corrected chi connectivity index (χ1v) is 4.91. The van der Waals surface area contributed by atoms with Crippen molar-refractivity contribution < 1.29 is 4.74 Å². The maximum atomic E-state index is 8.55. The molecule has 0 aliphatic rings. The second-order valence-corrected chi connectivity index (χ2v) is 3.70. The van der Waals surface area contributed by atoms with E-state index in [0.29, 0.717) is 0 Å². The molecular formula is C12H16N2O. The Morgan fingerprint density at radius 3 is 2.53 bits per heavy atom. The summed E-state index contributed by atoms with van der Waals surface area (Å²) in [6.45, 7) is 6.27. The normalized spacial score (nSPS) is 11.9. The van der Waals surface area contributed by atoms with E-state index in [-0.39, 0.29) is 6.61 Å². The van der Waals surface area contributed by atoms with Crippen molar-refractivity contribution in [2.75, 3.05) is 6.61 Å². The van der Waals surface area contributed by atoms with Crippen molar-refractivity contribution >= 4 is 0 Å². The Morgan fingerprint density at radius 1 is 1.33 bits per heavy atom. The molecule has 0 heterocycles. The van der Waals surface area contributed by atoms with E-state index in [1.165, 1.54) is 5.56 Å². The van der Waals surface area contributed by atoms with E-state index in [1.54, 1.807) is 0 Å². The number of rotatable bonds is 3. The van der Waals surface area contributed by atoms with Gasteiger partial charge >= 0.3 is 0 Å². The minimum Gasteiger partial charge on any atom is -0.490 e. The average Bonchev–Trinajstić information content (AvgIpc) is 2.23. The Balaban J connectivity index is 2.86. The van der Waals surface area contributed by atoms with Gasteiger partial charge in [-0.05, 0) is 37.5 Å². The van der Waals surface area contributed by atoms with Crippen LogP contribution in [0.25, 0.3) is 0 Å². The minimum absolute atomic E-state index is 0.238. The molecule has 0 aliphatic carbocycles. The van der Waals surface area contributed by atoms with Gasteiger partial charge in [-0.2, -0.15) is 5.26 Å². The van der Waals surface area contributed by atoms with Gasteiger partial charge in [0.1, 0.15) is 18.4 Å². The summed E-state index contributed by atoms with van der Waals surface area (Å²) in [6, 6.07) is 5.44. The summed E-state index contributed by atoms with van der Waals surface area (Å²) in [5.41, 5.74) is 8.84. The summed E-state index contributed by atoms with van der Waals surface area (Å²) in [5.74, 6) is 0.848. The molecule has 15 heavy (non-hydrogen) atoms. The number of nitrogens with zero attached hydrogens (tertiary/aromatic N) is 1. The van der Waals surface area contributed by atoms with Crippen molar-refractivity contribution in [3.05, 3.63) is 28.8 Å². The molecule has 0 spiro atoms. The van der Waals surface area contributed by atoms with Gasteiger partial charge in [0.25, 0.3) is 0 Å². The Morgan fingerprint density at radius 2 is 1.93 bits per heavy atom. The molecule has 1 aromatic carbocycles. The molecule has 2 N–H and O–H groups in total. The number of hydrogen-bond donors (Lipinski definition) is 1. The zero-order valence-corrected chi connectivity index (χ0v) is 9.37. The van der Waals surface area contributed by atoms with E-state index in [4.69, 9.17) is 15.7 Å². The Kier molecular flexibility index (Phi) is 3.70. The molecule has 0 saturated heterocycles. The van der Waals surface area contributed by atoms with Gasteiger partial charge in [-0.15, -0.1) is 0 Å². The smallest absolute Gasteiger partial charge is 0.127 e. The van der Waals surface area contributed by atoms with E-state index in [9.17, 15) is 0 Å². The van der Waals surface area contributed by atoms with Gasteiger partial charge in [-0.3, -0.25) is 0 Å². The second-order valence-electron chi connectivity index (χ2n) is 3.70. The summed E-state index contributed by atoms with van der Waals surface area (Å²) < 4.78 is 5.55. The molecule has 0 radical (unpaired) electrons. The number of ether oxygens (including phenoxy) is 1. The summed E-state index contributed by atoms with van der Waals surface area (Å²) in [4.78, 5) is 0. The van der Waals surface area contributed by atoms with E-state index in [1.807, 2.05) is 32.9 Å². The predicted molar refractivity (Wildman–Crippen MR) is 59.7 cm³/mol. The van der Waals surface area contributed by atoms with E-state index in [2.05, 4.69) is 6.07 Å². The highest BCUT2D eigenvalue weighted by atomic mass is 16.5. The van der Waals surface area contributed by atoms with Crippen molar-refractivity contribution in [2.45, 2.75) is 26.8 Å². The van der Waals surface area contributed by atoms with Gasteiger partial charge < -0.3 is 10.5 Å². The van der Waals surface area contributed by atoms with Gasteiger partial charge in [0, 0.05) is 0 Å². The third kappa shape index (κ3) is 2.71. The third-order valence-corrected chi connectivity index (χ3v) is 2.45. The van der Waals surface area contributed by atoms with E-state index in [0.717, 1.165) is 16.9 Å². The maximum Gasteiger partial charge on any atom is 0.127 e. The first-order chi connectivity index (χ1) is 7.06. The first-order valence-electron chi connectivity index (χ1n) is 4.91. The standard InChI is InChI=1S/C12H16N2O/c1-8-4-5-9(2)12(10(8)3)15-7-11(14)6-13/h4-5,11H,7,14H2,1-3H3. The van der Waals surface area contributed by atoms with Crippen molar-refractivity contribution in [3.8, 4) is 11.8 Å². The highest BCUT2D eigenvalue weighted by Gasteiger charge is 2.08. The third-order valence-electron chi connectivity index (χ3n) is 2.45. The second kappa shape index (κ2) is 4.81. The fraction of sp³-hybridized carbons (Fsp3) is 0.417. The molecule has 0 aromatic heterocycles. The lowest BCUT2D eigenvalue weighted by Crippen LogP contribution is -2.26. The van der Waals surface area contributed by atoms with Crippen LogP contribution in [0.5, 0.6) is 5.75 Å². The van der Waals surface area contributed by atoms with Crippen molar-refractivity contribution in [1.29, 1.82) is 5.26 Å². The molecule has 0 fully saturated rings. The van der Waals surface area contributed by atoms with Crippen LogP contribution in [0.3, 0.4) is 0 Å². The van der Waals surface area contributed by atoms with Crippen molar-refractivity contribution in [2.24, 2.45) is 5.73 Å². The number of benzene rings is 1. The number of nitrogens with two attached hydrogens (primary N) is 1. The fourth-order valence-corrected chi connectivity index (χ4v) is 1.36. The number of hydrogen-bond acceptors (Lipinski definition) is 3. The number of aryl methyl sites for hydroxylation is 2.